The third kappa shape index (κ3) is 3.99. The van der Waals surface area contributed by atoms with E-state index in [-0.39, 0.29) is 24.1 Å². The second kappa shape index (κ2) is 7.83. The minimum absolute atomic E-state index is 0.0960. The Morgan fingerprint density at radius 1 is 1.08 bits per heavy atom. The Kier molecular flexibility index (Phi) is 5.33. The van der Waals surface area contributed by atoms with Crippen molar-refractivity contribution in [2.45, 2.75) is 25.4 Å². The quantitative estimate of drug-likeness (QED) is 0.930. The molecule has 0 saturated carbocycles. The zero-order valence-electron chi connectivity index (χ0n) is 14.2. The highest BCUT2D eigenvalue weighted by Crippen LogP contribution is 2.32. The van der Waals surface area contributed by atoms with Crippen LogP contribution in [0.3, 0.4) is 0 Å². The number of ether oxygens (including phenoxy) is 1. The summed E-state index contributed by atoms with van der Waals surface area (Å²) in [5, 5.41) is 3.03. The van der Waals surface area contributed by atoms with Crippen LogP contribution in [0.5, 0.6) is 0 Å². The summed E-state index contributed by atoms with van der Waals surface area (Å²) in [7, 11) is 0. The molecule has 25 heavy (non-hydrogen) atoms. The van der Waals surface area contributed by atoms with Gasteiger partial charge in [0.05, 0.1) is 12.6 Å². The van der Waals surface area contributed by atoms with E-state index in [9.17, 15) is 9.59 Å². The molecule has 0 spiro atoms. The molecule has 5 nitrogen and oxygen atoms in total. The second-order valence-electron chi connectivity index (χ2n) is 6.05. The van der Waals surface area contributed by atoms with E-state index in [1.165, 1.54) is 0 Å². The van der Waals surface area contributed by atoms with Crippen LogP contribution in [0.4, 0.5) is 4.79 Å². The van der Waals surface area contributed by atoms with Gasteiger partial charge in [-0.15, -0.1) is 0 Å². The molecule has 5 heteroatoms. The molecule has 1 N–H and O–H groups in total. The first-order valence-corrected chi connectivity index (χ1v) is 8.53. The number of hydrogen-bond acceptors (Lipinski definition) is 3. The lowest BCUT2D eigenvalue weighted by molar-refractivity contribution is 0.0923. The Balaban J connectivity index is 1.74. The molecule has 1 aliphatic rings. The Morgan fingerprint density at radius 2 is 1.72 bits per heavy atom. The van der Waals surface area contributed by atoms with Crippen LogP contribution in [-0.2, 0) is 4.74 Å². The van der Waals surface area contributed by atoms with Crippen molar-refractivity contribution < 1.29 is 14.3 Å². The number of hydrogen-bond donors (Lipinski definition) is 1. The number of amides is 2. The highest BCUT2D eigenvalue weighted by atomic mass is 16.6. The van der Waals surface area contributed by atoms with Crippen LogP contribution in [0.1, 0.15) is 35.3 Å². The van der Waals surface area contributed by atoms with Crippen LogP contribution in [-0.4, -0.2) is 36.1 Å². The van der Waals surface area contributed by atoms with Crippen molar-refractivity contribution in [3.63, 3.8) is 0 Å². The van der Waals surface area contributed by atoms with Crippen LogP contribution in [0.2, 0.25) is 0 Å². The molecule has 1 aliphatic heterocycles. The Morgan fingerprint density at radius 3 is 2.36 bits per heavy atom. The molecule has 1 saturated heterocycles. The van der Waals surface area contributed by atoms with Gasteiger partial charge in [0.2, 0.25) is 0 Å². The molecule has 3 rings (SSSR count). The Bertz CT molecular complexity index is 718. The van der Waals surface area contributed by atoms with Gasteiger partial charge in [0.25, 0.3) is 5.91 Å². The maximum atomic E-state index is 12.4. The van der Waals surface area contributed by atoms with E-state index in [4.69, 9.17) is 4.74 Å². The number of likely N-dealkylation sites (tertiary alicyclic amines) is 1. The first kappa shape index (κ1) is 17.0. The normalized spacial score (nSPS) is 19.5. The third-order valence-electron chi connectivity index (χ3n) is 4.36. The van der Waals surface area contributed by atoms with Crippen molar-refractivity contribution in [2.75, 3.05) is 13.2 Å². The van der Waals surface area contributed by atoms with Crippen molar-refractivity contribution in [3.8, 4) is 0 Å². The first-order chi connectivity index (χ1) is 12.2. The summed E-state index contributed by atoms with van der Waals surface area (Å²) in [5.41, 5.74) is 1.67. The first-order valence-electron chi connectivity index (χ1n) is 8.53. The number of rotatable bonds is 4. The van der Waals surface area contributed by atoms with Gasteiger partial charge in [-0.2, -0.15) is 0 Å². The van der Waals surface area contributed by atoms with Crippen molar-refractivity contribution in [3.05, 3.63) is 71.8 Å². The second-order valence-corrected chi connectivity index (χ2v) is 6.05. The smallest absolute Gasteiger partial charge is 0.410 e. The molecular formula is C20H22N2O3. The summed E-state index contributed by atoms with van der Waals surface area (Å²) in [6.07, 6.45) is 0.328. The minimum atomic E-state index is -0.340. The minimum Gasteiger partial charge on any atom is -0.450 e. The summed E-state index contributed by atoms with van der Waals surface area (Å²) in [4.78, 5) is 26.4. The molecule has 0 aromatic heterocycles. The van der Waals surface area contributed by atoms with Gasteiger partial charge in [0.1, 0.15) is 0 Å². The Labute approximate surface area is 147 Å². The standard InChI is InChI=1S/C20H22N2O3/c1-2-25-20(24)22-14-17(13-18(22)15-9-5-3-6-10-15)21-19(23)16-11-7-4-8-12-16/h3-12,17-18H,2,13-14H2,1H3,(H,21,23). The predicted octanol–water partition coefficient (Wildman–Crippen LogP) is 3.39. The molecule has 0 bridgehead atoms. The number of nitrogens with zero attached hydrogens (tertiary/aromatic N) is 1. The zero-order chi connectivity index (χ0) is 17.6. The average Bonchev–Trinajstić information content (AvgIpc) is 3.07. The molecule has 130 valence electrons. The van der Waals surface area contributed by atoms with Gasteiger partial charge in [-0.3, -0.25) is 9.69 Å². The summed E-state index contributed by atoms with van der Waals surface area (Å²) in [5.74, 6) is -0.122. The van der Waals surface area contributed by atoms with E-state index >= 15 is 0 Å². The SMILES string of the molecule is CCOC(=O)N1CC(NC(=O)c2ccccc2)CC1c1ccccc1. The molecular weight excluding hydrogens is 316 g/mol. The van der Waals surface area contributed by atoms with Crippen molar-refractivity contribution in [2.24, 2.45) is 0 Å². The Hall–Kier alpha value is -2.82. The lowest BCUT2D eigenvalue weighted by Crippen LogP contribution is -2.38. The van der Waals surface area contributed by atoms with Crippen LogP contribution in [0, 0.1) is 0 Å². The van der Waals surface area contributed by atoms with E-state index in [2.05, 4.69) is 5.32 Å². The molecule has 2 amide bonds. The van der Waals surface area contributed by atoms with Gasteiger partial charge in [-0.25, -0.2) is 4.79 Å². The topological polar surface area (TPSA) is 58.6 Å². The fourth-order valence-electron chi connectivity index (χ4n) is 3.20. The summed E-state index contributed by atoms with van der Waals surface area (Å²) in [6.45, 7) is 2.56. The van der Waals surface area contributed by atoms with Gasteiger partial charge in [-0.05, 0) is 31.0 Å². The van der Waals surface area contributed by atoms with Crippen LogP contribution in [0.15, 0.2) is 60.7 Å². The van der Waals surface area contributed by atoms with E-state index in [0.29, 0.717) is 25.1 Å². The number of carbonyl (C=O) groups excluding carboxylic acids is 2. The zero-order valence-corrected chi connectivity index (χ0v) is 14.2. The number of benzene rings is 2. The van der Waals surface area contributed by atoms with Gasteiger partial charge in [0.15, 0.2) is 0 Å². The van der Waals surface area contributed by atoms with Gasteiger partial charge in [0, 0.05) is 18.2 Å². The van der Waals surface area contributed by atoms with E-state index in [1.807, 2.05) is 48.5 Å². The van der Waals surface area contributed by atoms with E-state index in [1.54, 1.807) is 24.0 Å². The monoisotopic (exact) mass is 338 g/mol. The molecule has 2 atom stereocenters. The molecule has 1 fully saturated rings. The highest BCUT2D eigenvalue weighted by molar-refractivity contribution is 5.94. The van der Waals surface area contributed by atoms with E-state index in [0.717, 1.165) is 5.56 Å². The molecule has 2 aromatic rings. The van der Waals surface area contributed by atoms with E-state index < -0.39 is 0 Å². The fourth-order valence-corrected chi connectivity index (χ4v) is 3.20. The number of carbonyl (C=O) groups is 2. The largest absolute Gasteiger partial charge is 0.450 e. The maximum absolute atomic E-state index is 12.4. The van der Waals surface area contributed by atoms with Crippen molar-refractivity contribution >= 4 is 12.0 Å². The van der Waals surface area contributed by atoms with Gasteiger partial charge < -0.3 is 10.1 Å². The molecule has 2 aromatic carbocycles. The summed E-state index contributed by atoms with van der Waals surface area (Å²) < 4.78 is 5.19. The van der Waals surface area contributed by atoms with Crippen LogP contribution >= 0.6 is 0 Å². The predicted molar refractivity (Wildman–Crippen MR) is 95.2 cm³/mol. The van der Waals surface area contributed by atoms with Crippen LogP contribution < -0.4 is 5.32 Å². The van der Waals surface area contributed by atoms with Gasteiger partial charge in [-0.1, -0.05) is 48.5 Å². The maximum Gasteiger partial charge on any atom is 0.410 e. The highest BCUT2D eigenvalue weighted by Gasteiger charge is 2.37. The van der Waals surface area contributed by atoms with Crippen molar-refractivity contribution in [1.82, 2.24) is 10.2 Å². The fraction of sp³-hybridized carbons (Fsp3) is 0.300. The lowest BCUT2D eigenvalue weighted by Gasteiger charge is -2.23. The molecule has 0 aliphatic carbocycles. The molecule has 2 unspecified atom stereocenters. The molecule has 0 radical (unpaired) electrons. The third-order valence-corrected chi connectivity index (χ3v) is 4.36. The van der Waals surface area contributed by atoms with Gasteiger partial charge >= 0.3 is 6.09 Å². The summed E-state index contributed by atoms with van der Waals surface area (Å²) >= 11 is 0. The van der Waals surface area contributed by atoms with Crippen molar-refractivity contribution in [1.29, 1.82) is 0 Å². The average molecular weight is 338 g/mol. The number of nitrogens with one attached hydrogen (secondary N) is 1. The lowest BCUT2D eigenvalue weighted by atomic mass is 10.0. The summed E-state index contributed by atoms with van der Waals surface area (Å²) in [6, 6.07) is 18.7. The van der Waals surface area contributed by atoms with Crippen LogP contribution in [0.25, 0.3) is 0 Å². The molecule has 1 heterocycles.